The molecule has 0 aromatic carbocycles. The Morgan fingerprint density at radius 1 is 1.37 bits per heavy atom. The first-order valence-corrected chi connectivity index (χ1v) is 6.47. The molecule has 1 aromatic rings. The Morgan fingerprint density at radius 3 is 2.68 bits per heavy atom. The van der Waals surface area contributed by atoms with E-state index in [1.807, 2.05) is 13.8 Å². The van der Waals surface area contributed by atoms with Crippen molar-refractivity contribution in [2.45, 2.75) is 32.7 Å². The van der Waals surface area contributed by atoms with E-state index in [0.29, 0.717) is 0 Å². The summed E-state index contributed by atoms with van der Waals surface area (Å²) in [6.45, 7) is 4.18. The first kappa shape index (κ1) is 15.4. The predicted octanol–water partition coefficient (Wildman–Crippen LogP) is 1.16. The van der Waals surface area contributed by atoms with Gasteiger partial charge in [-0.2, -0.15) is 0 Å². The molecule has 0 aliphatic heterocycles. The third kappa shape index (κ3) is 5.65. The molecular weight excluding hydrogens is 268 g/mol. The van der Waals surface area contributed by atoms with Crippen LogP contribution in [0.4, 0.5) is 0 Å². The number of halogens is 1. The summed E-state index contributed by atoms with van der Waals surface area (Å²) in [6, 6.07) is 3.11. The molecule has 0 saturated heterocycles. The first-order valence-electron chi connectivity index (χ1n) is 6.09. The molecule has 0 spiro atoms. The van der Waals surface area contributed by atoms with Gasteiger partial charge in [-0.1, -0.05) is 18.5 Å². The molecule has 1 rings (SSSR count). The van der Waals surface area contributed by atoms with E-state index in [0.717, 1.165) is 6.42 Å². The van der Waals surface area contributed by atoms with Crippen molar-refractivity contribution >= 4 is 23.4 Å². The van der Waals surface area contributed by atoms with Crippen LogP contribution in [0.2, 0.25) is 5.15 Å². The van der Waals surface area contributed by atoms with E-state index in [1.54, 1.807) is 0 Å². The number of hydrogen-bond acceptors (Lipinski definition) is 4. The van der Waals surface area contributed by atoms with E-state index in [1.165, 1.54) is 12.1 Å². The van der Waals surface area contributed by atoms with Gasteiger partial charge in [-0.3, -0.25) is 9.59 Å². The quantitative estimate of drug-likeness (QED) is 0.821. The summed E-state index contributed by atoms with van der Waals surface area (Å²) in [6.07, 6.45) is 1.11. The minimum atomic E-state index is -0.375. The van der Waals surface area contributed by atoms with Gasteiger partial charge in [-0.05, 0) is 25.5 Å². The van der Waals surface area contributed by atoms with Gasteiger partial charge in [0.05, 0.1) is 0 Å². The molecule has 1 heterocycles. The summed E-state index contributed by atoms with van der Waals surface area (Å²) >= 11 is 5.57. The highest BCUT2D eigenvalue weighted by atomic mass is 35.5. The summed E-state index contributed by atoms with van der Waals surface area (Å²) < 4.78 is 0. The minimum absolute atomic E-state index is 0.0863. The Labute approximate surface area is 116 Å². The van der Waals surface area contributed by atoms with E-state index in [-0.39, 0.29) is 41.7 Å². The fourth-order valence-electron chi connectivity index (χ4n) is 1.27. The van der Waals surface area contributed by atoms with E-state index >= 15 is 0 Å². The number of nitrogens with zero attached hydrogens (tertiary/aromatic N) is 2. The Bertz CT molecular complexity index is 436. The Kier molecular flexibility index (Phi) is 6.21. The fourth-order valence-corrected chi connectivity index (χ4v) is 1.37. The van der Waals surface area contributed by atoms with Crippen LogP contribution in [-0.2, 0) is 4.79 Å². The third-order valence-corrected chi connectivity index (χ3v) is 2.72. The third-order valence-electron chi connectivity index (χ3n) is 2.52. The van der Waals surface area contributed by atoms with Crippen LogP contribution in [0.15, 0.2) is 12.1 Å². The topological polar surface area (TPSA) is 84.0 Å². The summed E-state index contributed by atoms with van der Waals surface area (Å²) in [5.74, 6) is -0.461. The van der Waals surface area contributed by atoms with Gasteiger partial charge in [-0.25, -0.2) is 0 Å². The minimum Gasteiger partial charge on any atom is -0.354 e. The van der Waals surface area contributed by atoms with E-state index < -0.39 is 0 Å². The average Bonchev–Trinajstić information content (AvgIpc) is 2.39. The molecule has 7 heteroatoms. The number of carbonyl (C=O) groups excluding carboxylic acids is 2. The van der Waals surface area contributed by atoms with Crippen LogP contribution in [0.3, 0.4) is 0 Å². The van der Waals surface area contributed by atoms with Crippen LogP contribution in [0, 0.1) is 0 Å². The Morgan fingerprint density at radius 2 is 2.11 bits per heavy atom. The maximum Gasteiger partial charge on any atom is 0.271 e. The molecule has 0 saturated carbocycles. The van der Waals surface area contributed by atoms with E-state index in [2.05, 4.69) is 20.8 Å². The lowest BCUT2D eigenvalue weighted by atomic mass is 10.2. The number of carbonyl (C=O) groups is 2. The fraction of sp³-hybridized carbons (Fsp3) is 0.500. The molecular formula is C12H17ClN4O2. The van der Waals surface area contributed by atoms with Crippen molar-refractivity contribution in [3.63, 3.8) is 0 Å². The predicted molar refractivity (Wildman–Crippen MR) is 71.9 cm³/mol. The Balaban J connectivity index is 2.31. The van der Waals surface area contributed by atoms with E-state index in [9.17, 15) is 9.59 Å². The lowest BCUT2D eigenvalue weighted by molar-refractivity contribution is -0.121. The lowest BCUT2D eigenvalue weighted by Crippen LogP contribution is -2.35. The molecule has 1 atom stereocenters. The van der Waals surface area contributed by atoms with E-state index in [4.69, 9.17) is 11.6 Å². The van der Waals surface area contributed by atoms with Crippen molar-refractivity contribution in [2.24, 2.45) is 0 Å². The second kappa shape index (κ2) is 7.68. The van der Waals surface area contributed by atoms with Crippen molar-refractivity contribution in [3.05, 3.63) is 23.0 Å². The van der Waals surface area contributed by atoms with Crippen molar-refractivity contribution < 1.29 is 9.59 Å². The van der Waals surface area contributed by atoms with Gasteiger partial charge in [0.15, 0.2) is 10.8 Å². The number of hydrogen-bond donors (Lipinski definition) is 2. The van der Waals surface area contributed by atoms with Crippen molar-refractivity contribution in [3.8, 4) is 0 Å². The van der Waals surface area contributed by atoms with Crippen LogP contribution in [0.25, 0.3) is 0 Å². The molecule has 104 valence electrons. The Hall–Kier alpha value is -1.69. The van der Waals surface area contributed by atoms with Crippen LogP contribution in [0.1, 0.15) is 37.2 Å². The number of rotatable bonds is 6. The monoisotopic (exact) mass is 284 g/mol. The molecule has 2 N–H and O–H groups in total. The molecule has 2 amide bonds. The molecule has 0 aliphatic rings. The normalized spacial score (nSPS) is 11.7. The highest BCUT2D eigenvalue weighted by Gasteiger charge is 2.09. The second-order valence-corrected chi connectivity index (χ2v) is 4.51. The molecule has 0 fully saturated rings. The zero-order chi connectivity index (χ0) is 14.3. The summed E-state index contributed by atoms with van der Waals surface area (Å²) in [5.41, 5.74) is 0.173. The van der Waals surface area contributed by atoms with Crippen LogP contribution in [0.5, 0.6) is 0 Å². The van der Waals surface area contributed by atoms with Crippen molar-refractivity contribution in [2.75, 3.05) is 6.54 Å². The zero-order valence-corrected chi connectivity index (χ0v) is 11.7. The first-order chi connectivity index (χ1) is 9.02. The van der Waals surface area contributed by atoms with Crippen LogP contribution >= 0.6 is 11.6 Å². The van der Waals surface area contributed by atoms with Gasteiger partial charge in [0.25, 0.3) is 5.91 Å². The standard InChI is InChI=1S/C12H17ClN4O2/c1-3-8(2)15-11(18)6-7-14-12(19)9-4-5-10(13)17-16-9/h4-5,8H,3,6-7H2,1-2H3,(H,14,19)(H,15,18). The largest absolute Gasteiger partial charge is 0.354 e. The summed E-state index contributed by atoms with van der Waals surface area (Å²) in [7, 11) is 0. The highest BCUT2D eigenvalue weighted by molar-refractivity contribution is 6.29. The number of aromatic nitrogens is 2. The molecule has 1 aromatic heterocycles. The molecule has 6 nitrogen and oxygen atoms in total. The van der Waals surface area contributed by atoms with Gasteiger partial charge in [0.2, 0.25) is 5.91 Å². The molecule has 0 radical (unpaired) electrons. The molecule has 0 aliphatic carbocycles. The van der Waals surface area contributed by atoms with Crippen LogP contribution in [-0.4, -0.2) is 34.6 Å². The molecule has 0 bridgehead atoms. The second-order valence-electron chi connectivity index (χ2n) is 4.12. The maximum absolute atomic E-state index is 11.6. The van der Waals surface area contributed by atoms with Gasteiger partial charge >= 0.3 is 0 Å². The van der Waals surface area contributed by atoms with Gasteiger partial charge in [0, 0.05) is 19.0 Å². The van der Waals surface area contributed by atoms with Gasteiger partial charge in [0.1, 0.15) is 0 Å². The lowest BCUT2D eigenvalue weighted by Gasteiger charge is -2.11. The SMILES string of the molecule is CCC(C)NC(=O)CCNC(=O)c1ccc(Cl)nn1. The van der Waals surface area contributed by atoms with Crippen molar-refractivity contribution in [1.29, 1.82) is 0 Å². The van der Waals surface area contributed by atoms with Gasteiger partial charge < -0.3 is 10.6 Å². The maximum atomic E-state index is 11.6. The summed E-state index contributed by atoms with van der Waals surface area (Å²) in [4.78, 5) is 23.1. The van der Waals surface area contributed by atoms with Crippen molar-refractivity contribution in [1.82, 2.24) is 20.8 Å². The smallest absolute Gasteiger partial charge is 0.271 e. The average molecular weight is 285 g/mol. The number of nitrogens with one attached hydrogen (secondary N) is 2. The molecule has 1 unspecified atom stereocenters. The highest BCUT2D eigenvalue weighted by Crippen LogP contribution is 2.01. The molecule has 19 heavy (non-hydrogen) atoms. The van der Waals surface area contributed by atoms with Crippen LogP contribution < -0.4 is 10.6 Å². The van der Waals surface area contributed by atoms with Gasteiger partial charge in [-0.15, -0.1) is 10.2 Å². The summed E-state index contributed by atoms with van der Waals surface area (Å²) in [5, 5.41) is 12.8. The number of amides is 2. The zero-order valence-electron chi connectivity index (χ0n) is 10.9.